The predicted octanol–water partition coefficient (Wildman–Crippen LogP) is 1.95. The highest BCUT2D eigenvalue weighted by Crippen LogP contribution is 2.48. The SMILES string of the molecule is CCNCc1cc(S(=O)(=O)NCC2(CCOC)CC2)cs1. The molecule has 0 radical (unpaired) electrons. The first-order valence-corrected chi connectivity index (χ1v) is 9.64. The molecule has 1 fully saturated rings. The van der Waals surface area contributed by atoms with Crippen LogP contribution >= 0.6 is 11.3 Å². The largest absolute Gasteiger partial charge is 0.385 e. The standard InChI is InChI=1S/C14H24N2O3S2/c1-3-15-9-12-8-13(10-20-12)21(17,18)16-11-14(4-5-14)6-7-19-2/h8,10,15-16H,3-7,9,11H2,1-2H3. The summed E-state index contributed by atoms with van der Waals surface area (Å²) < 4.78 is 32.5. The van der Waals surface area contributed by atoms with E-state index < -0.39 is 10.0 Å². The van der Waals surface area contributed by atoms with Gasteiger partial charge >= 0.3 is 0 Å². The molecule has 0 saturated heterocycles. The highest BCUT2D eigenvalue weighted by Gasteiger charge is 2.42. The first kappa shape index (κ1) is 16.9. The molecular formula is C14H24N2O3S2. The lowest BCUT2D eigenvalue weighted by Gasteiger charge is -2.15. The molecule has 0 atom stereocenters. The Kier molecular flexibility index (Phi) is 5.79. The van der Waals surface area contributed by atoms with Crippen molar-refractivity contribution in [2.45, 2.75) is 37.6 Å². The summed E-state index contributed by atoms with van der Waals surface area (Å²) in [4.78, 5) is 1.42. The first-order valence-electron chi connectivity index (χ1n) is 7.28. The number of sulfonamides is 1. The summed E-state index contributed by atoms with van der Waals surface area (Å²) in [6, 6.07) is 1.75. The van der Waals surface area contributed by atoms with Crippen LogP contribution in [0.25, 0.3) is 0 Å². The molecule has 7 heteroatoms. The number of rotatable bonds is 10. The van der Waals surface area contributed by atoms with Gasteiger partial charge in [0.05, 0.1) is 4.90 Å². The first-order chi connectivity index (χ1) is 10.0. The molecular weight excluding hydrogens is 308 g/mol. The lowest BCUT2D eigenvalue weighted by molar-refractivity contribution is 0.173. The van der Waals surface area contributed by atoms with Gasteiger partial charge in [0, 0.05) is 37.1 Å². The van der Waals surface area contributed by atoms with E-state index in [1.807, 2.05) is 6.92 Å². The van der Waals surface area contributed by atoms with Gasteiger partial charge in [0.2, 0.25) is 10.0 Å². The summed E-state index contributed by atoms with van der Waals surface area (Å²) in [6.45, 7) is 4.82. The average Bonchev–Trinajstić information content (AvgIpc) is 3.08. The normalized spacial score (nSPS) is 17.0. The van der Waals surface area contributed by atoms with Crippen molar-refractivity contribution in [2.75, 3.05) is 26.8 Å². The fourth-order valence-corrected chi connectivity index (χ4v) is 4.59. The smallest absolute Gasteiger partial charge is 0.241 e. The molecule has 0 bridgehead atoms. The highest BCUT2D eigenvalue weighted by molar-refractivity contribution is 7.89. The molecule has 21 heavy (non-hydrogen) atoms. The number of hydrogen-bond acceptors (Lipinski definition) is 5. The average molecular weight is 332 g/mol. The summed E-state index contributed by atoms with van der Waals surface area (Å²) in [7, 11) is -1.71. The highest BCUT2D eigenvalue weighted by atomic mass is 32.2. The topological polar surface area (TPSA) is 67.4 Å². The van der Waals surface area contributed by atoms with Crippen molar-refractivity contribution in [3.8, 4) is 0 Å². The molecule has 1 heterocycles. The Bertz CT molecular complexity index is 550. The maximum atomic E-state index is 12.3. The second-order valence-electron chi connectivity index (χ2n) is 5.60. The third kappa shape index (κ3) is 4.75. The van der Waals surface area contributed by atoms with Crippen LogP contribution in [-0.4, -0.2) is 35.2 Å². The van der Waals surface area contributed by atoms with Gasteiger partial charge in [-0.15, -0.1) is 11.3 Å². The molecule has 1 aromatic rings. The van der Waals surface area contributed by atoms with E-state index in [1.54, 1.807) is 18.6 Å². The van der Waals surface area contributed by atoms with Crippen LogP contribution < -0.4 is 10.0 Å². The quantitative estimate of drug-likeness (QED) is 0.687. The van der Waals surface area contributed by atoms with Gasteiger partial charge in [0.25, 0.3) is 0 Å². The van der Waals surface area contributed by atoms with Crippen molar-refractivity contribution >= 4 is 21.4 Å². The van der Waals surface area contributed by atoms with Crippen molar-refractivity contribution in [3.05, 3.63) is 16.3 Å². The molecule has 1 aliphatic rings. The van der Waals surface area contributed by atoms with Crippen LogP contribution in [0.3, 0.4) is 0 Å². The van der Waals surface area contributed by atoms with E-state index in [0.717, 1.165) is 30.7 Å². The van der Waals surface area contributed by atoms with E-state index in [2.05, 4.69) is 10.0 Å². The molecule has 120 valence electrons. The molecule has 1 aliphatic carbocycles. The van der Waals surface area contributed by atoms with E-state index in [1.165, 1.54) is 11.3 Å². The Morgan fingerprint density at radius 2 is 2.19 bits per heavy atom. The van der Waals surface area contributed by atoms with E-state index in [4.69, 9.17) is 4.74 Å². The van der Waals surface area contributed by atoms with E-state index in [0.29, 0.717) is 24.6 Å². The molecule has 0 unspecified atom stereocenters. The zero-order valence-electron chi connectivity index (χ0n) is 12.6. The minimum absolute atomic E-state index is 0.117. The molecule has 0 aliphatic heterocycles. The Labute approximate surface area is 131 Å². The number of hydrogen-bond donors (Lipinski definition) is 2. The van der Waals surface area contributed by atoms with Crippen LogP contribution in [0, 0.1) is 5.41 Å². The van der Waals surface area contributed by atoms with Gasteiger partial charge in [-0.25, -0.2) is 13.1 Å². The molecule has 0 aromatic carbocycles. The molecule has 2 rings (SSSR count). The fraction of sp³-hybridized carbons (Fsp3) is 0.714. The lowest BCUT2D eigenvalue weighted by atomic mass is 10.0. The van der Waals surface area contributed by atoms with Gasteiger partial charge in [0.1, 0.15) is 0 Å². The van der Waals surface area contributed by atoms with Crippen molar-refractivity contribution < 1.29 is 13.2 Å². The van der Waals surface area contributed by atoms with Gasteiger partial charge in [-0.05, 0) is 37.3 Å². The summed E-state index contributed by atoms with van der Waals surface area (Å²) in [6.07, 6.45) is 3.07. The minimum atomic E-state index is -3.39. The fourth-order valence-electron chi connectivity index (χ4n) is 2.18. The summed E-state index contributed by atoms with van der Waals surface area (Å²) in [5.74, 6) is 0. The number of thiophene rings is 1. The third-order valence-corrected chi connectivity index (χ3v) is 6.39. The Morgan fingerprint density at radius 3 is 2.81 bits per heavy atom. The minimum Gasteiger partial charge on any atom is -0.385 e. The Hall–Kier alpha value is -0.470. The maximum Gasteiger partial charge on any atom is 0.241 e. The second-order valence-corrected chi connectivity index (χ2v) is 8.36. The maximum absolute atomic E-state index is 12.3. The van der Waals surface area contributed by atoms with Crippen LogP contribution in [-0.2, 0) is 21.3 Å². The van der Waals surface area contributed by atoms with E-state index in [9.17, 15) is 8.42 Å². The third-order valence-electron chi connectivity index (χ3n) is 3.92. The van der Waals surface area contributed by atoms with Crippen LogP contribution in [0.5, 0.6) is 0 Å². The van der Waals surface area contributed by atoms with Crippen LogP contribution in [0.4, 0.5) is 0 Å². The van der Waals surface area contributed by atoms with Crippen LogP contribution in [0.15, 0.2) is 16.3 Å². The second kappa shape index (κ2) is 7.19. The van der Waals surface area contributed by atoms with Crippen molar-refractivity contribution in [2.24, 2.45) is 5.41 Å². The van der Waals surface area contributed by atoms with Crippen molar-refractivity contribution in [3.63, 3.8) is 0 Å². The van der Waals surface area contributed by atoms with Gasteiger partial charge in [-0.2, -0.15) is 0 Å². The summed E-state index contributed by atoms with van der Waals surface area (Å²) in [5.41, 5.74) is 0.117. The summed E-state index contributed by atoms with van der Waals surface area (Å²) >= 11 is 1.48. The molecule has 0 amide bonds. The number of methoxy groups -OCH3 is 1. The Balaban J connectivity index is 1.91. The predicted molar refractivity (Wildman–Crippen MR) is 85.0 cm³/mol. The van der Waals surface area contributed by atoms with Gasteiger partial charge < -0.3 is 10.1 Å². The molecule has 1 aromatic heterocycles. The molecule has 2 N–H and O–H groups in total. The van der Waals surface area contributed by atoms with E-state index in [-0.39, 0.29) is 5.41 Å². The van der Waals surface area contributed by atoms with Gasteiger partial charge in [-0.3, -0.25) is 0 Å². The monoisotopic (exact) mass is 332 g/mol. The summed E-state index contributed by atoms with van der Waals surface area (Å²) in [5, 5.41) is 4.91. The number of nitrogens with one attached hydrogen (secondary N) is 2. The zero-order chi connectivity index (χ0) is 15.3. The van der Waals surface area contributed by atoms with Crippen LogP contribution in [0.1, 0.15) is 31.1 Å². The molecule has 1 saturated carbocycles. The molecule has 5 nitrogen and oxygen atoms in total. The Morgan fingerprint density at radius 1 is 1.43 bits per heavy atom. The zero-order valence-corrected chi connectivity index (χ0v) is 14.3. The lowest BCUT2D eigenvalue weighted by Crippen LogP contribution is -2.30. The van der Waals surface area contributed by atoms with E-state index >= 15 is 0 Å². The molecule has 0 spiro atoms. The van der Waals surface area contributed by atoms with Crippen molar-refractivity contribution in [1.82, 2.24) is 10.0 Å². The van der Waals surface area contributed by atoms with Gasteiger partial charge in [-0.1, -0.05) is 6.92 Å². The van der Waals surface area contributed by atoms with Crippen LogP contribution in [0.2, 0.25) is 0 Å². The van der Waals surface area contributed by atoms with Crippen molar-refractivity contribution in [1.29, 1.82) is 0 Å². The van der Waals surface area contributed by atoms with Gasteiger partial charge in [0.15, 0.2) is 0 Å². The number of ether oxygens (including phenoxy) is 1.